The van der Waals surface area contributed by atoms with E-state index in [0.29, 0.717) is 18.2 Å². The molecule has 0 saturated carbocycles. The molecule has 6 nitrogen and oxygen atoms in total. The second kappa shape index (κ2) is 8.55. The predicted octanol–water partition coefficient (Wildman–Crippen LogP) is 3.60. The molecule has 2 aromatic heterocycles. The molecule has 8 heteroatoms. The van der Waals surface area contributed by atoms with E-state index in [1.807, 2.05) is 24.1 Å². The number of carbonyl (C=O) groups is 1. The number of benzene rings is 1. The predicted molar refractivity (Wildman–Crippen MR) is 103 cm³/mol. The lowest BCUT2D eigenvalue weighted by molar-refractivity contribution is 0.102. The Morgan fingerprint density at radius 1 is 1.19 bits per heavy atom. The molecule has 0 radical (unpaired) electrons. The highest BCUT2D eigenvalue weighted by molar-refractivity contribution is 6.31. The maximum Gasteiger partial charge on any atom is 0.274 e. The quantitative estimate of drug-likeness (QED) is 0.702. The summed E-state index contributed by atoms with van der Waals surface area (Å²) in [6.07, 6.45) is 5.82. The van der Waals surface area contributed by atoms with Crippen molar-refractivity contribution in [2.75, 3.05) is 23.8 Å². The molecule has 3 aromatic rings. The van der Waals surface area contributed by atoms with Crippen molar-refractivity contribution < 1.29 is 9.18 Å². The Labute approximate surface area is 161 Å². The first-order valence-electron chi connectivity index (χ1n) is 8.22. The molecule has 0 unspecified atom stereocenters. The first-order chi connectivity index (χ1) is 13.0. The molecule has 2 heterocycles. The lowest BCUT2D eigenvalue weighted by atomic mass is 10.2. The number of pyridine rings is 1. The van der Waals surface area contributed by atoms with Gasteiger partial charge in [0.2, 0.25) is 5.95 Å². The number of nitrogens with one attached hydrogen (secondary N) is 1. The van der Waals surface area contributed by atoms with E-state index in [9.17, 15) is 9.18 Å². The van der Waals surface area contributed by atoms with Crippen molar-refractivity contribution in [3.63, 3.8) is 0 Å². The van der Waals surface area contributed by atoms with Gasteiger partial charge in [0.25, 0.3) is 5.91 Å². The number of nitrogens with zero attached hydrogens (tertiary/aromatic N) is 4. The van der Waals surface area contributed by atoms with Gasteiger partial charge in [-0.25, -0.2) is 14.4 Å². The molecule has 0 saturated heterocycles. The zero-order valence-electron chi connectivity index (χ0n) is 14.6. The molecular formula is C19H17ClFN5O. The summed E-state index contributed by atoms with van der Waals surface area (Å²) in [4.78, 5) is 26.8. The van der Waals surface area contributed by atoms with Gasteiger partial charge in [-0.15, -0.1) is 0 Å². The Kier molecular flexibility index (Phi) is 5.93. The number of hydrogen-bond acceptors (Lipinski definition) is 5. The molecule has 0 aliphatic rings. The molecule has 0 spiro atoms. The SMILES string of the molecule is CN(CCc1ccncc1)c1nccc(C(=O)Nc2ccc(F)c(Cl)c2)n1. The minimum atomic E-state index is -0.546. The lowest BCUT2D eigenvalue weighted by Crippen LogP contribution is -2.24. The first kappa shape index (κ1) is 18.7. The number of hydrogen-bond donors (Lipinski definition) is 1. The smallest absolute Gasteiger partial charge is 0.274 e. The molecule has 0 aliphatic heterocycles. The van der Waals surface area contributed by atoms with E-state index in [1.54, 1.807) is 12.4 Å². The fourth-order valence-corrected chi connectivity index (χ4v) is 2.55. The van der Waals surface area contributed by atoms with Gasteiger partial charge in [0, 0.05) is 37.9 Å². The van der Waals surface area contributed by atoms with Gasteiger partial charge < -0.3 is 10.2 Å². The molecule has 0 atom stereocenters. The standard InChI is InChI=1S/C19H17ClFN5O/c1-26(11-7-13-4-8-22-9-5-13)19-23-10-6-17(25-19)18(27)24-14-2-3-16(21)15(20)12-14/h2-6,8-10,12H,7,11H2,1H3,(H,24,27). The number of rotatable bonds is 6. The fraction of sp³-hybridized carbons (Fsp3) is 0.158. The molecule has 1 N–H and O–H groups in total. The summed E-state index contributed by atoms with van der Waals surface area (Å²) in [5.74, 6) is -0.535. The molecule has 0 bridgehead atoms. The fourth-order valence-electron chi connectivity index (χ4n) is 2.37. The van der Waals surface area contributed by atoms with Crippen LogP contribution >= 0.6 is 11.6 Å². The lowest BCUT2D eigenvalue weighted by Gasteiger charge is -2.17. The van der Waals surface area contributed by atoms with E-state index in [0.717, 1.165) is 12.0 Å². The van der Waals surface area contributed by atoms with Crippen LogP contribution in [0.15, 0.2) is 55.0 Å². The van der Waals surface area contributed by atoms with Crippen molar-refractivity contribution in [3.8, 4) is 0 Å². The van der Waals surface area contributed by atoms with Gasteiger partial charge in [0.1, 0.15) is 11.5 Å². The summed E-state index contributed by atoms with van der Waals surface area (Å²) < 4.78 is 13.2. The van der Waals surface area contributed by atoms with Crippen LogP contribution in [-0.4, -0.2) is 34.5 Å². The highest BCUT2D eigenvalue weighted by atomic mass is 35.5. The summed E-state index contributed by atoms with van der Waals surface area (Å²) in [5, 5.41) is 2.58. The molecule has 3 rings (SSSR count). The molecule has 27 heavy (non-hydrogen) atoms. The Hall–Kier alpha value is -3.06. The monoisotopic (exact) mass is 385 g/mol. The maximum atomic E-state index is 13.2. The van der Waals surface area contributed by atoms with Gasteiger partial charge in [-0.1, -0.05) is 11.6 Å². The summed E-state index contributed by atoms with van der Waals surface area (Å²) in [5.41, 5.74) is 1.74. The topological polar surface area (TPSA) is 71.0 Å². The van der Waals surface area contributed by atoms with Gasteiger partial charge >= 0.3 is 0 Å². The van der Waals surface area contributed by atoms with Crippen LogP contribution in [0, 0.1) is 5.82 Å². The molecule has 0 aliphatic carbocycles. The van der Waals surface area contributed by atoms with Crippen LogP contribution in [0.2, 0.25) is 5.02 Å². The van der Waals surface area contributed by atoms with Gasteiger partial charge in [-0.2, -0.15) is 0 Å². The van der Waals surface area contributed by atoms with Crippen LogP contribution in [-0.2, 0) is 6.42 Å². The average Bonchev–Trinajstić information content (AvgIpc) is 2.70. The Morgan fingerprint density at radius 2 is 1.96 bits per heavy atom. The largest absolute Gasteiger partial charge is 0.344 e. The van der Waals surface area contributed by atoms with E-state index >= 15 is 0 Å². The van der Waals surface area contributed by atoms with E-state index in [1.165, 1.54) is 30.5 Å². The summed E-state index contributed by atoms with van der Waals surface area (Å²) in [6.45, 7) is 0.683. The van der Waals surface area contributed by atoms with Crippen molar-refractivity contribution in [1.82, 2.24) is 15.0 Å². The second-order valence-corrected chi connectivity index (χ2v) is 6.26. The van der Waals surface area contributed by atoms with Crippen LogP contribution in [0.25, 0.3) is 0 Å². The van der Waals surface area contributed by atoms with Crippen molar-refractivity contribution >= 4 is 29.1 Å². The summed E-state index contributed by atoms with van der Waals surface area (Å²) in [7, 11) is 1.86. The van der Waals surface area contributed by atoms with Crippen molar-refractivity contribution in [2.24, 2.45) is 0 Å². The van der Waals surface area contributed by atoms with Crippen LogP contribution in [0.1, 0.15) is 16.1 Å². The van der Waals surface area contributed by atoms with Gasteiger partial charge in [-0.3, -0.25) is 9.78 Å². The number of halogens is 2. The van der Waals surface area contributed by atoms with Crippen molar-refractivity contribution in [2.45, 2.75) is 6.42 Å². The van der Waals surface area contributed by atoms with Gasteiger partial charge in [0.15, 0.2) is 0 Å². The minimum absolute atomic E-state index is 0.0629. The number of amides is 1. The van der Waals surface area contributed by atoms with Crippen molar-refractivity contribution in [3.05, 3.63) is 77.1 Å². The maximum absolute atomic E-state index is 13.2. The molecule has 0 fully saturated rings. The zero-order valence-corrected chi connectivity index (χ0v) is 15.3. The summed E-state index contributed by atoms with van der Waals surface area (Å²) in [6, 6.07) is 9.38. The molecule has 1 amide bonds. The second-order valence-electron chi connectivity index (χ2n) is 5.85. The van der Waals surface area contributed by atoms with Gasteiger partial charge in [0.05, 0.1) is 5.02 Å². The normalized spacial score (nSPS) is 10.5. The Morgan fingerprint density at radius 3 is 2.70 bits per heavy atom. The third-order valence-electron chi connectivity index (χ3n) is 3.88. The first-order valence-corrected chi connectivity index (χ1v) is 8.60. The van der Waals surface area contributed by atoms with E-state index in [-0.39, 0.29) is 10.7 Å². The number of anilines is 2. The Bertz CT molecular complexity index is 938. The molecule has 1 aromatic carbocycles. The minimum Gasteiger partial charge on any atom is -0.344 e. The molecule has 138 valence electrons. The van der Waals surface area contributed by atoms with Crippen LogP contribution in [0.5, 0.6) is 0 Å². The highest BCUT2D eigenvalue weighted by Gasteiger charge is 2.12. The van der Waals surface area contributed by atoms with Crippen LogP contribution < -0.4 is 10.2 Å². The third-order valence-corrected chi connectivity index (χ3v) is 4.17. The highest BCUT2D eigenvalue weighted by Crippen LogP contribution is 2.20. The Balaban J connectivity index is 1.66. The number of aromatic nitrogens is 3. The van der Waals surface area contributed by atoms with Crippen LogP contribution in [0.3, 0.4) is 0 Å². The van der Waals surface area contributed by atoms with E-state index in [4.69, 9.17) is 11.6 Å². The molecular weight excluding hydrogens is 369 g/mol. The average molecular weight is 386 g/mol. The third kappa shape index (κ3) is 4.98. The van der Waals surface area contributed by atoms with E-state index in [2.05, 4.69) is 20.3 Å². The number of likely N-dealkylation sites (N-methyl/N-ethyl adjacent to an activating group) is 1. The van der Waals surface area contributed by atoms with Crippen molar-refractivity contribution in [1.29, 1.82) is 0 Å². The zero-order chi connectivity index (χ0) is 19.2. The number of carbonyl (C=O) groups excluding carboxylic acids is 1. The van der Waals surface area contributed by atoms with E-state index < -0.39 is 11.7 Å². The van der Waals surface area contributed by atoms with Gasteiger partial charge in [-0.05, 0) is 48.4 Å². The van der Waals surface area contributed by atoms with Crippen LogP contribution in [0.4, 0.5) is 16.0 Å². The summed E-state index contributed by atoms with van der Waals surface area (Å²) >= 11 is 5.73.